The standard InChI is InChI=1S/C4H8N2O.2HO3P/c1-6-3-2-5-4(6)7;2*1-4(2)3/h2-3H2,1H3,(H,5,7);2*(H-,1,2,3)/p+2. The molecule has 1 aliphatic rings. The molecule has 0 bridgehead atoms. The molecule has 1 saturated heterocycles. The van der Waals surface area contributed by atoms with E-state index in [2.05, 4.69) is 5.32 Å². The van der Waals surface area contributed by atoms with Crippen molar-refractivity contribution in [3.8, 4) is 0 Å². The molecule has 9 nitrogen and oxygen atoms in total. The fraction of sp³-hybridized carbons (Fsp3) is 0.750. The van der Waals surface area contributed by atoms with E-state index < -0.39 is 16.5 Å². The molecule has 11 heteroatoms. The van der Waals surface area contributed by atoms with Gasteiger partial charge in [0.15, 0.2) is 0 Å². The third-order valence-corrected chi connectivity index (χ3v) is 1.07. The highest BCUT2D eigenvalue weighted by Crippen LogP contribution is 1.98. The molecule has 0 aliphatic carbocycles. The van der Waals surface area contributed by atoms with Crippen LogP contribution in [0.5, 0.6) is 0 Å². The molecule has 15 heavy (non-hydrogen) atoms. The van der Waals surface area contributed by atoms with Gasteiger partial charge in [0.05, 0.1) is 0 Å². The van der Waals surface area contributed by atoms with Gasteiger partial charge in [0.1, 0.15) is 0 Å². The molecule has 0 radical (unpaired) electrons. The molecule has 2 amide bonds. The molecule has 0 spiro atoms. The quantitative estimate of drug-likeness (QED) is 0.348. The zero-order chi connectivity index (χ0) is 12.4. The predicted molar refractivity (Wildman–Crippen MR) is 50.1 cm³/mol. The molecule has 1 aliphatic heterocycles. The van der Waals surface area contributed by atoms with Crippen molar-refractivity contribution in [2.24, 2.45) is 0 Å². The van der Waals surface area contributed by atoms with E-state index in [0.717, 1.165) is 13.1 Å². The van der Waals surface area contributed by atoms with Crippen LogP contribution in [0.15, 0.2) is 0 Å². The summed E-state index contributed by atoms with van der Waals surface area (Å²) in [5.41, 5.74) is 0. The number of carbonyl (C=O) groups excluding carboxylic acids is 1. The molecule has 0 unspecified atom stereocenters. The third kappa shape index (κ3) is 19.6. The average Bonchev–Trinajstić information content (AvgIpc) is 2.33. The van der Waals surface area contributed by atoms with Gasteiger partial charge in [0, 0.05) is 29.3 Å². The highest BCUT2D eigenvalue weighted by atomic mass is 31.1. The van der Waals surface area contributed by atoms with Crippen LogP contribution >= 0.6 is 16.5 Å². The highest BCUT2D eigenvalue weighted by molar-refractivity contribution is 7.31. The number of carbonyl (C=O) groups is 1. The van der Waals surface area contributed by atoms with Gasteiger partial charge in [0.25, 0.3) is 0 Å². The number of hydrogen-bond acceptors (Lipinski definition) is 3. The van der Waals surface area contributed by atoms with Crippen LogP contribution in [0.3, 0.4) is 0 Å². The van der Waals surface area contributed by atoms with Gasteiger partial charge in [-0.2, -0.15) is 0 Å². The summed E-state index contributed by atoms with van der Waals surface area (Å²) in [7, 11) is -3.96. The molecule has 1 rings (SSSR count). The zero-order valence-corrected chi connectivity index (χ0v) is 9.56. The van der Waals surface area contributed by atoms with Crippen molar-refractivity contribution in [3.63, 3.8) is 0 Å². The molecule has 0 atom stereocenters. The number of nitrogens with one attached hydrogen (secondary N) is 1. The summed E-state index contributed by atoms with van der Waals surface area (Å²) in [4.78, 5) is 40.5. The van der Waals surface area contributed by atoms with Gasteiger partial charge in [0.2, 0.25) is 0 Å². The van der Waals surface area contributed by atoms with Gasteiger partial charge in [-0.3, -0.25) is 0 Å². The van der Waals surface area contributed by atoms with Crippen LogP contribution in [0.2, 0.25) is 0 Å². The van der Waals surface area contributed by atoms with Gasteiger partial charge >= 0.3 is 22.5 Å². The Labute approximate surface area is 87.2 Å². The van der Waals surface area contributed by atoms with Crippen molar-refractivity contribution < 1.29 is 33.5 Å². The van der Waals surface area contributed by atoms with Gasteiger partial charge in [-0.15, -0.1) is 19.6 Å². The van der Waals surface area contributed by atoms with Crippen LogP contribution in [0.25, 0.3) is 0 Å². The van der Waals surface area contributed by atoms with Crippen molar-refractivity contribution in [2.75, 3.05) is 20.1 Å². The van der Waals surface area contributed by atoms with Crippen LogP contribution < -0.4 is 5.32 Å². The summed E-state index contributed by atoms with van der Waals surface area (Å²) in [6.45, 7) is 1.65. The van der Waals surface area contributed by atoms with Gasteiger partial charge in [-0.25, -0.2) is 4.79 Å². The minimum atomic E-state index is -2.87. The van der Waals surface area contributed by atoms with Gasteiger partial charge < -0.3 is 10.2 Å². The Hall–Kier alpha value is -0.690. The van der Waals surface area contributed by atoms with Crippen molar-refractivity contribution in [2.45, 2.75) is 0 Å². The summed E-state index contributed by atoms with van der Waals surface area (Å²) >= 11 is 0. The largest absolute Gasteiger partial charge is 0.692 e. The Balaban J connectivity index is 0. The van der Waals surface area contributed by atoms with E-state index in [0.29, 0.717) is 0 Å². The van der Waals surface area contributed by atoms with Crippen molar-refractivity contribution in [1.82, 2.24) is 10.2 Å². The van der Waals surface area contributed by atoms with E-state index in [1.807, 2.05) is 0 Å². The summed E-state index contributed by atoms with van der Waals surface area (Å²) in [5.74, 6) is 0. The maximum absolute atomic E-state index is 10.4. The second kappa shape index (κ2) is 9.85. The zero-order valence-electron chi connectivity index (χ0n) is 7.77. The van der Waals surface area contributed by atoms with E-state index in [1.165, 1.54) is 0 Å². The van der Waals surface area contributed by atoms with Crippen LogP contribution in [0, 0.1) is 0 Å². The second-order valence-electron chi connectivity index (χ2n) is 2.16. The second-order valence-corrected chi connectivity index (χ2v) is 3.17. The number of likely N-dealkylation sites (N-methyl/N-ethyl adjacent to an activating group) is 1. The molecule has 88 valence electrons. The number of amides is 2. The first-order chi connectivity index (χ1) is 6.77. The van der Waals surface area contributed by atoms with E-state index in [4.69, 9.17) is 28.7 Å². The van der Waals surface area contributed by atoms with Crippen molar-refractivity contribution in [1.29, 1.82) is 0 Å². The summed E-state index contributed by atoms with van der Waals surface area (Å²) in [6, 6.07) is 0.0417. The van der Waals surface area contributed by atoms with E-state index in [-0.39, 0.29) is 6.03 Å². The predicted octanol–water partition coefficient (Wildman–Crippen LogP) is -1.10. The van der Waals surface area contributed by atoms with Crippen molar-refractivity contribution >= 4 is 22.5 Å². The maximum atomic E-state index is 10.4. The Morgan fingerprint density at radius 1 is 1.20 bits per heavy atom. The van der Waals surface area contributed by atoms with Crippen LogP contribution in [-0.4, -0.2) is 50.6 Å². The van der Waals surface area contributed by atoms with Gasteiger partial charge in [-0.1, -0.05) is 0 Å². The number of urea groups is 1. The summed E-state index contributed by atoms with van der Waals surface area (Å²) < 4.78 is 17.4. The van der Waals surface area contributed by atoms with Gasteiger partial charge in [-0.05, 0) is 0 Å². The lowest BCUT2D eigenvalue weighted by atomic mass is 10.7. The monoisotopic (exact) mass is 262 g/mol. The van der Waals surface area contributed by atoms with Crippen molar-refractivity contribution in [3.05, 3.63) is 0 Å². The summed E-state index contributed by atoms with van der Waals surface area (Å²) in [5, 5.41) is 2.66. The van der Waals surface area contributed by atoms with Crippen LogP contribution in [0.4, 0.5) is 4.79 Å². The molecular weight excluding hydrogens is 250 g/mol. The molecular formula is C4H12N2O7P2+2. The lowest BCUT2D eigenvalue weighted by molar-refractivity contribution is 0.226. The molecule has 0 aromatic carbocycles. The third-order valence-electron chi connectivity index (χ3n) is 1.07. The fourth-order valence-electron chi connectivity index (χ4n) is 0.567. The maximum Gasteiger partial charge on any atom is 0.692 e. The lowest BCUT2D eigenvalue weighted by Crippen LogP contribution is -2.23. The van der Waals surface area contributed by atoms with E-state index in [9.17, 15) is 4.79 Å². The molecule has 5 N–H and O–H groups in total. The average molecular weight is 262 g/mol. The Morgan fingerprint density at radius 3 is 1.60 bits per heavy atom. The minimum Gasteiger partial charge on any atom is -0.336 e. The number of rotatable bonds is 0. The molecule has 1 fully saturated rings. The molecule has 0 aromatic rings. The SMILES string of the molecule is CN1CCNC1=O.O=[P+](O)O.O=[P+](O)O. The first kappa shape index (κ1) is 16.7. The van der Waals surface area contributed by atoms with E-state index >= 15 is 0 Å². The molecule has 0 saturated carbocycles. The highest BCUT2D eigenvalue weighted by Gasteiger charge is 2.12. The Bertz CT molecular complexity index is 215. The molecule has 1 heterocycles. The topological polar surface area (TPSA) is 147 Å². The normalized spacial score (nSPS) is 12.9. The number of hydrogen-bond donors (Lipinski definition) is 5. The smallest absolute Gasteiger partial charge is 0.336 e. The van der Waals surface area contributed by atoms with E-state index in [1.54, 1.807) is 11.9 Å². The van der Waals surface area contributed by atoms with Crippen LogP contribution in [0.1, 0.15) is 0 Å². The lowest BCUT2D eigenvalue weighted by Gasteiger charge is -2.01. The molecule has 0 aromatic heterocycles. The number of nitrogens with zero attached hydrogens (tertiary/aromatic N) is 1. The fourth-order valence-corrected chi connectivity index (χ4v) is 0.567. The Kier molecular flexibility index (Phi) is 11.0. The minimum absolute atomic E-state index is 0.0417. The van der Waals surface area contributed by atoms with Crippen LogP contribution in [-0.2, 0) is 9.13 Å². The first-order valence-corrected chi connectivity index (χ1v) is 5.79. The summed E-state index contributed by atoms with van der Waals surface area (Å²) in [6.07, 6.45) is 0. The first-order valence-electron chi connectivity index (χ1n) is 3.46. The Morgan fingerprint density at radius 2 is 1.53 bits per heavy atom.